The molecule has 0 saturated heterocycles. The van der Waals surface area contributed by atoms with E-state index >= 15 is 0 Å². The molecule has 0 heterocycles. The Morgan fingerprint density at radius 2 is 1.90 bits per heavy atom. The highest BCUT2D eigenvalue weighted by Gasteiger charge is 2.07. The van der Waals surface area contributed by atoms with Crippen molar-refractivity contribution in [3.63, 3.8) is 0 Å². The molecule has 2 rings (SSSR count). The molecular formula is C14H10BrF2NOS. The second-order valence-electron chi connectivity index (χ2n) is 4.04. The Morgan fingerprint density at radius 1 is 1.15 bits per heavy atom. The average Bonchev–Trinajstić information content (AvgIpc) is 2.40. The first-order valence-corrected chi connectivity index (χ1v) is 6.83. The fourth-order valence-electron chi connectivity index (χ4n) is 1.58. The first-order valence-electron chi connectivity index (χ1n) is 5.63. The molecule has 0 saturated carbocycles. The minimum Gasteiger partial charge on any atom is -0.489 e. The lowest BCUT2D eigenvalue weighted by Crippen LogP contribution is -2.11. The van der Waals surface area contributed by atoms with Gasteiger partial charge in [0.25, 0.3) is 0 Å². The zero-order valence-corrected chi connectivity index (χ0v) is 12.6. The molecule has 104 valence electrons. The lowest BCUT2D eigenvalue weighted by atomic mass is 10.2. The molecule has 20 heavy (non-hydrogen) atoms. The normalized spacial score (nSPS) is 10.3. The summed E-state index contributed by atoms with van der Waals surface area (Å²) in [6.45, 7) is 0.199. The van der Waals surface area contributed by atoms with Crippen LogP contribution >= 0.6 is 28.1 Å². The molecule has 0 amide bonds. The van der Waals surface area contributed by atoms with E-state index in [1.807, 2.05) is 0 Å². The summed E-state index contributed by atoms with van der Waals surface area (Å²) >= 11 is 7.81. The van der Waals surface area contributed by atoms with Crippen LogP contribution in [0, 0.1) is 11.6 Å². The smallest absolute Gasteiger partial charge is 0.137 e. The summed E-state index contributed by atoms with van der Waals surface area (Å²) in [5, 5.41) is 0. The van der Waals surface area contributed by atoms with Gasteiger partial charge in [0.15, 0.2) is 0 Å². The van der Waals surface area contributed by atoms with Gasteiger partial charge in [-0.1, -0.05) is 18.3 Å². The summed E-state index contributed by atoms with van der Waals surface area (Å²) in [5.41, 5.74) is 6.31. The van der Waals surface area contributed by atoms with Crippen LogP contribution in [-0.2, 0) is 6.61 Å². The van der Waals surface area contributed by atoms with Gasteiger partial charge in [0.1, 0.15) is 29.0 Å². The molecule has 0 aliphatic rings. The number of nitrogens with two attached hydrogens (primary N) is 1. The van der Waals surface area contributed by atoms with Crippen LogP contribution in [0.2, 0.25) is 0 Å². The van der Waals surface area contributed by atoms with E-state index in [1.54, 1.807) is 18.2 Å². The second-order valence-corrected chi connectivity index (χ2v) is 5.34. The summed E-state index contributed by atoms with van der Waals surface area (Å²) < 4.78 is 32.5. The zero-order valence-electron chi connectivity index (χ0n) is 10.2. The fourth-order valence-corrected chi connectivity index (χ4v) is 2.17. The second kappa shape index (κ2) is 6.28. The van der Waals surface area contributed by atoms with Gasteiger partial charge in [-0.3, -0.25) is 0 Å². The van der Waals surface area contributed by atoms with Crippen molar-refractivity contribution >= 4 is 33.1 Å². The highest BCUT2D eigenvalue weighted by Crippen LogP contribution is 2.20. The Kier molecular flexibility index (Phi) is 4.67. The zero-order chi connectivity index (χ0) is 14.7. The highest BCUT2D eigenvalue weighted by atomic mass is 79.9. The predicted molar refractivity (Wildman–Crippen MR) is 80.7 cm³/mol. The molecule has 0 spiro atoms. The number of rotatable bonds is 4. The number of hydrogen-bond donors (Lipinski definition) is 1. The van der Waals surface area contributed by atoms with Crippen molar-refractivity contribution in [3.8, 4) is 5.75 Å². The number of halogens is 3. The molecule has 0 aliphatic heterocycles. The molecule has 0 unspecified atom stereocenters. The molecule has 0 bridgehead atoms. The molecule has 0 fully saturated rings. The molecule has 0 radical (unpaired) electrons. The Morgan fingerprint density at radius 3 is 2.50 bits per heavy atom. The molecule has 6 heteroatoms. The van der Waals surface area contributed by atoms with Crippen molar-refractivity contribution in [2.45, 2.75) is 6.61 Å². The van der Waals surface area contributed by atoms with Crippen molar-refractivity contribution in [3.05, 3.63) is 63.6 Å². The van der Waals surface area contributed by atoms with Crippen molar-refractivity contribution in [2.75, 3.05) is 0 Å². The van der Waals surface area contributed by atoms with Crippen LogP contribution in [0.5, 0.6) is 5.75 Å². The van der Waals surface area contributed by atoms with E-state index in [4.69, 9.17) is 22.7 Å². The van der Waals surface area contributed by atoms with Crippen LogP contribution in [0.1, 0.15) is 11.1 Å². The van der Waals surface area contributed by atoms with Gasteiger partial charge in [0.05, 0.1) is 4.47 Å². The third kappa shape index (κ3) is 3.52. The van der Waals surface area contributed by atoms with Crippen LogP contribution in [0.3, 0.4) is 0 Å². The van der Waals surface area contributed by atoms with Gasteiger partial charge in [0, 0.05) is 11.6 Å². The predicted octanol–water partition coefficient (Wildman–Crippen LogP) is 3.94. The maximum absolute atomic E-state index is 13.6. The standard InChI is InChI=1S/C14H10BrF2NOS/c15-11-5-8(1-4-12(11)16)7-19-9-2-3-10(14(18)20)13(17)6-9/h1-6H,7H2,(H2,18,20). The summed E-state index contributed by atoms with van der Waals surface area (Å²) in [4.78, 5) is -0.00323. The van der Waals surface area contributed by atoms with Gasteiger partial charge in [-0.2, -0.15) is 0 Å². The first kappa shape index (κ1) is 14.9. The van der Waals surface area contributed by atoms with Crippen molar-refractivity contribution in [1.82, 2.24) is 0 Å². The monoisotopic (exact) mass is 357 g/mol. The number of benzene rings is 2. The van der Waals surface area contributed by atoms with E-state index in [2.05, 4.69) is 15.9 Å². The van der Waals surface area contributed by atoms with E-state index in [0.717, 1.165) is 5.56 Å². The van der Waals surface area contributed by atoms with Crippen LogP contribution in [0.15, 0.2) is 40.9 Å². The largest absolute Gasteiger partial charge is 0.489 e. The number of ether oxygens (including phenoxy) is 1. The summed E-state index contributed by atoms with van der Waals surface area (Å²) in [7, 11) is 0. The van der Waals surface area contributed by atoms with E-state index < -0.39 is 5.82 Å². The van der Waals surface area contributed by atoms with Crippen molar-refractivity contribution in [1.29, 1.82) is 0 Å². The third-order valence-corrected chi connectivity index (χ3v) is 3.42. The Balaban J connectivity index is 2.09. The molecule has 0 aromatic heterocycles. The molecule has 2 aromatic rings. The van der Waals surface area contributed by atoms with Gasteiger partial charge in [-0.05, 0) is 45.8 Å². The van der Waals surface area contributed by atoms with Crippen LogP contribution < -0.4 is 10.5 Å². The first-order chi connectivity index (χ1) is 9.47. The van der Waals surface area contributed by atoms with Crippen LogP contribution in [0.4, 0.5) is 8.78 Å². The molecule has 2 aromatic carbocycles. The SMILES string of the molecule is NC(=S)c1ccc(OCc2ccc(F)c(Br)c2)cc1F. The van der Waals surface area contributed by atoms with Crippen molar-refractivity contribution < 1.29 is 13.5 Å². The molecule has 0 aliphatic carbocycles. The average molecular weight is 358 g/mol. The maximum atomic E-state index is 13.6. The number of hydrogen-bond acceptors (Lipinski definition) is 2. The summed E-state index contributed by atoms with van der Waals surface area (Å²) in [5.74, 6) is -0.529. The lowest BCUT2D eigenvalue weighted by Gasteiger charge is -2.08. The van der Waals surface area contributed by atoms with E-state index in [0.29, 0.717) is 10.2 Å². The van der Waals surface area contributed by atoms with Crippen LogP contribution in [-0.4, -0.2) is 4.99 Å². The fraction of sp³-hybridized carbons (Fsp3) is 0.0714. The minimum absolute atomic E-state index is 0.00323. The Hall–Kier alpha value is -1.53. The molecule has 2 N–H and O–H groups in total. The van der Waals surface area contributed by atoms with E-state index in [1.165, 1.54) is 18.2 Å². The van der Waals surface area contributed by atoms with Gasteiger partial charge in [-0.25, -0.2) is 8.78 Å². The lowest BCUT2D eigenvalue weighted by molar-refractivity contribution is 0.304. The molecular weight excluding hydrogens is 348 g/mol. The van der Waals surface area contributed by atoms with Gasteiger partial charge >= 0.3 is 0 Å². The minimum atomic E-state index is -0.532. The molecule has 2 nitrogen and oxygen atoms in total. The van der Waals surface area contributed by atoms with Crippen LogP contribution in [0.25, 0.3) is 0 Å². The Bertz CT molecular complexity index is 664. The van der Waals surface area contributed by atoms with Crippen molar-refractivity contribution in [2.24, 2.45) is 5.73 Å². The summed E-state index contributed by atoms with van der Waals surface area (Å²) in [6, 6.07) is 8.80. The van der Waals surface area contributed by atoms with E-state index in [-0.39, 0.29) is 23.0 Å². The molecule has 0 atom stereocenters. The quantitative estimate of drug-likeness (QED) is 0.841. The topological polar surface area (TPSA) is 35.2 Å². The van der Waals surface area contributed by atoms with Gasteiger partial charge in [0.2, 0.25) is 0 Å². The summed E-state index contributed by atoms with van der Waals surface area (Å²) in [6.07, 6.45) is 0. The maximum Gasteiger partial charge on any atom is 0.137 e. The van der Waals surface area contributed by atoms with E-state index in [9.17, 15) is 8.78 Å². The van der Waals surface area contributed by atoms with Gasteiger partial charge < -0.3 is 10.5 Å². The Labute approximate surface area is 128 Å². The highest BCUT2D eigenvalue weighted by molar-refractivity contribution is 9.10. The number of thiocarbonyl (C=S) groups is 1. The third-order valence-electron chi connectivity index (χ3n) is 2.60. The van der Waals surface area contributed by atoms with Gasteiger partial charge in [-0.15, -0.1) is 0 Å².